The average Bonchev–Trinajstić information content (AvgIpc) is 2.57. The Hall–Kier alpha value is -0.670. The Labute approximate surface area is 114 Å². The molecule has 0 nitrogen and oxygen atoms in total. The maximum Gasteiger partial charge on any atom is 0.128 e. The zero-order chi connectivity index (χ0) is 12.6. The van der Waals surface area contributed by atoms with Gasteiger partial charge < -0.3 is 0 Å². The Bertz CT molecular complexity index is 545. The van der Waals surface area contributed by atoms with Crippen LogP contribution in [0.2, 0.25) is 0 Å². The summed E-state index contributed by atoms with van der Waals surface area (Å²) in [6.07, 6.45) is 0. The number of hydrogen-bond acceptors (Lipinski definition) is 1. The number of alkyl halides is 1. The quantitative estimate of drug-likeness (QED) is 0.660. The van der Waals surface area contributed by atoms with Crippen molar-refractivity contribution in [3.63, 3.8) is 0 Å². The molecule has 0 aliphatic carbocycles. The van der Waals surface area contributed by atoms with E-state index in [4.69, 9.17) is 0 Å². The molecule has 0 aliphatic rings. The van der Waals surface area contributed by atoms with Crippen molar-refractivity contribution >= 4 is 27.3 Å². The number of thiophene rings is 1. The first-order valence-corrected chi connectivity index (χ1v) is 7.19. The van der Waals surface area contributed by atoms with E-state index in [1.165, 1.54) is 9.75 Å². The maximum absolute atomic E-state index is 13.9. The Morgan fingerprint density at radius 2 is 1.82 bits per heavy atom. The molecular weight excluding hydrogens is 299 g/mol. The van der Waals surface area contributed by atoms with Crippen molar-refractivity contribution in [3.8, 4) is 0 Å². The second-order valence-corrected chi connectivity index (χ2v) is 6.63. The summed E-state index contributed by atoms with van der Waals surface area (Å²) in [6, 6.07) is 7.51. The minimum absolute atomic E-state index is 0.0620. The van der Waals surface area contributed by atoms with Crippen molar-refractivity contribution < 1.29 is 4.39 Å². The fourth-order valence-corrected chi connectivity index (χ4v) is 3.87. The molecule has 1 aromatic heterocycles. The highest BCUT2D eigenvalue weighted by atomic mass is 79.9. The Balaban J connectivity index is 2.43. The molecule has 0 amide bonds. The van der Waals surface area contributed by atoms with Gasteiger partial charge in [-0.25, -0.2) is 4.39 Å². The monoisotopic (exact) mass is 312 g/mol. The summed E-state index contributed by atoms with van der Waals surface area (Å²) in [5.41, 5.74) is 2.82. The molecule has 0 radical (unpaired) electrons. The third-order valence-corrected chi connectivity index (χ3v) is 4.75. The van der Waals surface area contributed by atoms with Gasteiger partial charge in [-0.3, -0.25) is 0 Å². The van der Waals surface area contributed by atoms with Crippen molar-refractivity contribution in [1.82, 2.24) is 0 Å². The summed E-state index contributed by atoms with van der Waals surface area (Å²) >= 11 is 5.35. The molecule has 90 valence electrons. The summed E-state index contributed by atoms with van der Waals surface area (Å²) in [4.78, 5) is 2.44. The molecule has 1 heterocycles. The van der Waals surface area contributed by atoms with E-state index >= 15 is 0 Å². The zero-order valence-electron chi connectivity index (χ0n) is 10.1. The van der Waals surface area contributed by atoms with Gasteiger partial charge in [0.25, 0.3) is 0 Å². The van der Waals surface area contributed by atoms with Crippen LogP contribution in [0.1, 0.15) is 31.3 Å². The van der Waals surface area contributed by atoms with Crippen LogP contribution in [0.4, 0.5) is 4.39 Å². The molecule has 0 saturated heterocycles. The van der Waals surface area contributed by atoms with Gasteiger partial charge in [-0.15, -0.1) is 11.3 Å². The van der Waals surface area contributed by atoms with E-state index in [0.717, 1.165) is 11.1 Å². The molecule has 0 fully saturated rings. The lowest BCUT2D eigenvalue weighted by atomic mass is 10.0. The standard InChI is InChI=1S/C14H14BrFS/c1-8-4-5-11(13(16)6-8)14(15)12-7-9(2)17-10(12)3/h4-7,14H,1-3H3. The van der Waals surface area contributed by atoms with Crippen molar-refractivity contribution in [2.45, 2.75) is 25.6 Å². The summed E-state index contributed by atoms with van der Waals surface area (Å²) in [7, 11) is 0. The van der Waals surface area contributed by atoms with Crippen LogP contribution in [-0.2, 0) is 0 Å². The van der Waals surface area contributed by atoms with Gasteiger partial charge in [-0.1, -0.05) is 28.1 Å². The van der Waals surface area contributed by atoms with Crippen LogP contribution in [0, 0.1) is 26.6 Å². The molecule has 1 aromatic carbocycles. The first-order chi connectivity index (χ1) is 7.99. The highest BCUT2D eigenvalue weighted by Crippen LogP contribution is 2.37. The summed E-state index contributed by atoms with van der Waals surface area (Å²) in [5, 5.41) is 0. The van der Waals surface area contributed by atoms with E-state index in [-0.39, 0.29) is 10.6 Å². The molecule has 2 rings (SSSR count). The van der Waals surface area contributed by atoms with E-state index in [1.807, 2.05) is 19.1 Å². The van der Waals surface area contributed by atoms with Crippen molar-refractivity contribution in [1.29, 1.82) is 0 Å². The van der Waals surface area contributed by atoms with Crippen LogP contribution in [0.25, 0.3) is 0 Å². The van der Waals surface area contributed by atoms with Gasteiger partial charge in [0, 0.05) is 15.3 Å². The Morgan fingerprint density at radius 1 is 1.12 bits per heavy atom. The highest BCUT2D eigenvalue weighted by molar-refractivity contribution is 9.09. The summed E-state index contributed by atoms with van der Waals surface area (Å²) in [6.45, 7) is 6.05. The van der Waals surface area contributed by atoms with Gasteiger partial charge in [0.05, 0.1) is 4.83 Å². The third-order valence-electron chi connectivity index (χ3n) is 2.78. The highest BCUT2D eigenvalue weighted by Gasteiger charge is 2.18. The topological polar surface area (TPSA) is 0 Å². The van der Waals surface area contributed by atoms with Crippen LogP contribution in [0.15, 0.2) is 24.3 Å². The number of halogens is 2. The second kappa shape index (κ2) is 4.91. The summed E-state index contributed by atoms with van der Waals surface area (Å²) in [5.74, 6) is -0.143. The fraction of sp³-hybridized carbons (Fsp3) is 0.286. The first kappa shape index (κ1) is 12.8. The van der Waals surface area contributed by atoms with E-state index in [9.17, 15) is 4.39 Å². The maximum atomic E-state index is 13.9. The second-order valence-electron chi connectivity index (χ2n) is 4.26. The molecule has 3 heteroatoms. The molecule has 1 atom stereocenters. The van der Waals surface area contributed by atoms with Crippen LogP contribution in [-0.4, -0.2) is 0 Å². The van der Waals surface area contributed by atoms with Crippen molar-refractivity contribution in [2.75, 3.05) is 0 Å². The molecule has 2 aromatic rings. The lowest BCUT2D eigenvalue weighted by molar-refractivity contribution is 0.612. The van der Waals surface area contributed by atoms with Crippen molar-refractivity contribution in [2.24, 2.45) is 0 Å². The van der Waals surface area contributed by atoms with Gasteiger partial charge in [-0.2, -0.15) is 0 Å². The molecule has 0 bridgehead atoms. The van der Waals surface area contributed by atoms with Crippen LogP contribution < -0.4 is 0 Å². The SMILES string of the molecule is Cc1ccc(C(Br)c2cc(C)sc2C)c(F)c1. The van der Waals surface area contributed by atoms with E-state index < -0.39 is 0 Å². The predicted molar refractivity (Wildman–Crippen MR) is 75.7 cm³/mol. The third kappa shape index (κ3) is 2.61. The van der Waals surface area contributed by atoms with E-state index in [2.05, 4.69) is 35.8 Å². The van der Waals surface area contributed by atoms with Crippen LogP contribution in [0.5, 0.6) is 0 Å². The lowest BCUT2D eigenvalue weighted by Gasteiger charge is -2.11. The fourth-order valence-electron chi connectivity index (χ4n) is 1.91. The minimum atomic E-state index is -0.143. The minimum Gasteiger partial charge on any atom is -0.207 e. The normalized spacial score (nSPS) is 12.8. The van der Waals surface area contributed by atoms with Gasteiger partial charge in [0.1, 0.15) is 5.82 Å². The molecule has 0 spiro atoms. The summed E-state index contributed by atoms with van der Waals surface area (Å²) < 4.78 is 13.9. The molecule has 0 N–H and O–H groups in total. The molecular formula is C14H14BrFS. The molecule has 1 unspecified atom stereocenters. The van der Waals surface area contributed by atoms with Gasteiger partial charge in [0.15, 0.2) is 0 Å². The van der Waals surface area contributed by atoms with E-state index in [0.29, 0.717) is 5.56 Å². The van der Waals surface area contributed by atoms with E-state index in [1.54, 1.807) is 17.4 Å². The molecule has 0 saturated carbocycles. The average molecular weight is 313 g/mol. The number of hydrogen-bond donors (Lipinski definition) is 0. The van der Waals surface area contributed by atoms with Gasteiger partial charge >= 0.3 is 0 Å². The molecule has 17 heavy (non-hydrogen) atoms. The van der Waals surface area contributed by atoms with Crippen LogP contribution >= 0.6 is 27.3 Å². The Morgan fingerprint density at radius 3 is 2.35 bits per heavy atom. The van der Waals surface area contributed by atoms with Gasteiger partial charge in [-0.05, 0) is 44.0 Å². The largest absolute Gasteiger partial charge is 0.207 e. The zero-order valence-corrected chi connectivity index (χ0v) is 12.5. The number of aryl methyl sites for hydroxylation is 3. The number of benzene rings is 1. The van der Waals surface area contributed by atoms with Gasteiger partial charge in [0.2, 0.25) is 0 Å². The molecule has 0 aliphatic heterocycles. The lowest BCUT2D eigenvalue weighted by Crippen LogP contribution is -1.97. The Kier molecular flexibility index (Phi) is 3.69. The van der Waals surface area contributed by atoms with Crippen molar-refractivity contribution in [3.05, 3.63) is 56.5 Å². The number of rotatable bonds is 2. The predicted octanol–water partition coefficient (Wildman–Crippen LogP) is 5.30. The van der Waals surface area contributed by atoms with Crippen LogP contribution in [0.3, 0.4) is 0 Å². The smallest absolute Gasteiger partial charge is 0.128 e. The first-order valence-electron chi connectivity index (χ1n) is 5.46.